The number of methoxy groups -OCH3 is 2. The van der Waals surface area contributed by atoms with Gasteiger partial charge >= 0.3 is 11.8 Å². The van der Waals surface area contributed by atoms with Crippen molar-refractivity contribution < 1.29 is 19.1 Å². The van der Waals surface area contributed by atoms with Gasteiger partial charge < -0.3 is 14.8 Å². The summed E-state index contributed by atoms with van der Waals surface area (Å²) < 4.78 is 10.4. The van der Waals surface area contributed by atoms with Crippen molar-refractivity contribution in [2.75, 3.05) is 19.5 Å². The number of rotatable bonds is 5. The van der Waals surface area contributed by atoms with Crippen molar-refractivity contribution in [3.05, 3.63) is 53.1 Å². The zero-order valence-electron chi connectivity index (χ0n) is 16.0. The SMILES string of the molecule is COc1ccc(/C(C)=N/NC(=O)C(=O)Nc2ccc(C)cc2C)cc1OC. The van der Waals surface area contributed by atoms with Crippen LogP contribution in [0.2, 0.25) is 0 Å². The molecule has 0 unspecified atom stereocenters. The fraction of sp³-hybridized carbons (Fsp3) is 0.250. The first kappa shape index (κ1) is 20.0. The Bertz CT molecular complexity index is 891. The Morgan fingerprint density at radius 1 is 0.926 bits per heavy atom. The number of hydrazone groups is 1. The average Bonchev–Trinajstić information content (AvgIpc) is 2.67. The van der Waals surface area contributed by atoms with Crippen molar-refractivity contribution in [2.24, 2.45) is 5.10 Å². The second-order valence-electron chi connectivity index (χ2n) is 5.98. The van der Waals surface area contributed by atoms with Crippen LogP contribution in [0.25, 0.3) is 0 Å². The van der Waals surface area contributed by atoms with E-state index in [9.17, 15) is 9.59 Å². The zero-order chi connectivity index (χ0) is 20.0. The van der Waals surface area contributed by atoms with E-state index in [1.165, 1.54) is 7.11 Å². The van der Waals surface area contributed by atoms with Gasteiger partial charge in [-0.05, 0) is 50.6 Å². The topological polar surface area (TPSA) is 89.0 Å². The summed E-state index contributed by atoms with van der Waals surface area (Å²) in [6.07, 6.45) is 0. The van der Waals surface area contributed by atoms with Crippen LogP contribution in [0.1, 0.15) is 23.6 Å². The Labute approximate surface area is 158 Å². The second kappa shape index (κ2) is 8.84. The molecule has 0 spiro atoms. The van der Waals surface area contributed by atoms with Gasteiger partial charge in [0.2, 0.25) is 0 Å². The lowest BCUT2D eigenvalue weighted by molar-refractivity contribution is -0.136. The van der Waals surface area contributed by atoms with E-state index < -0.39 is 11.8 Å². The standard InChI is InChI=1S/C20H23N3O4/c1-12-6-8-16(13(2)10-12)21-19(24)20(25)23-22-14(3)15-7-9-17(26-4)18(11-15)27-5/h6-11H,1-5H3,(H,21,24)(H,23,25)/b22-14+. The van der Waals surface area contributed by atoms with Gasteiger partial charge in [-0.3, -0.25) is 9.59 Å². The number of amides is 2. The molecule has 7 heteroatoms. The van der Waals surface area contributed by atoms with Crippen LogP contribution >= 0.6 is 0 Å². The minimum absolute atomic E-state index is 0.517. The summed E-state index contributed by atoms with van der Waals surface area (Å²) in [7, 11) is 3.08. The van der Waals surface area contributed by atoms with E-state index in [0.29, 0.717) is 22.9 Å². The Balaban J connectivity index is 2.05. The van der Waals surface area contributed by atoms with Gasteiger partial charge in [-0.15, -0.1) is 0 Å². The van der Waals surface area contributed by atoms with Gasteiger partial charge in [-0.1, -0.05) is 17.7 Å². The van der Waals surface area contributed by atoms with E-state index in [4.69, 9.17) is 9.47 Å². The van der Waals surface area contributed by atoms with Crippen LogP contribution in [0.5, 0.6) is 11.5 Å². The number of hydrogen-bond acceptors (Lipinski definition) is 5. The highest BCUT2D eigenvalue weighted by Crippen LogP contribution is 2.27. The Morgan fingerprint density at radius 2 is 1.63 bits per heavy atom. The summed E-state index contributed by atoms with van der Waals surface area (Å²) in [4.78, 5) is 24.1. The molecule has 0 fully saturated rings. The molecular formula is C20H23N3O4. The van der Waals surface area contributed by atoms with Crippen LogP contribution in [0.15, 0.2) is 41.5 Å². The van der Waals surface area contributed by atoms with Crippen molar-refractivity contribution in [3.8, 4) is 11.5 Å². The summed E-state index contributed by atoms with van der Waals surface area (Å²) in [5.41, 5.74) is 6.04. The van der Waals surface area contributed by atoms with Crippen LogP contribution in [0.4, 0.5) is 5.69 Å². The molecule has 7 nitrogen and oxygen atoms in total. The Kier molecular flexibility index (Phi) is 6.54. The molecule has 0 aliphatic rings. The molecule has 2 rings (SSSR count). The molecule has 2 aromatic carbocycles. The fourth-order valence-electron chi connectivity index (χ4n) is 2.44. The number of nitrogens with one attached hydrogen (secondary N) is 2. The van der Waals surface area contributed by atoms with E-state index in [1.54, 1.807) is 38.3 Å². The van der Waals surface area contributed by atoms with Gasteiger partial charge in [0.15, 0.2) is 11.5 Å². The number of carbonyl (C=O) groups excluding carboxylic acids is 2. The van der Waals surface area contributed by atoms with Gasteiger partial charge in [-0.2, -0.15) is 5.10 Å². The highest BCUT2D eigenvalue weighted by atomic mass is 16.5. The lowest BCUT2D eigenvalue weighted by Crippen LogP contribution is -2.33. The van der Waals surface area contributed by atoms with E-state index in [0.717, 1.165) is 16.7 Å². The van der Waals surface area contributed by atoms with Crippen molar-refractivity contribution in [3.63, 3.8) is 0 Å². The van der Waals surface area contributed by atoms with Crippen LogP contribution in [0.3, 0.4) is 0 Å². The molecule has 0 aromatic heterocycles. The molecule has 0 bridgehead atoms. The molecule has 0 aliphatic carbocycles. The van der Waals surface area contributed by atoms with E-state index in [-0.39, 0.29) is 0 Å². The van der Waals surface area contributed by atoms with Crippen LogP contribution in [0, 0.1) is 13.8 Å². The summed E-state index contributed by atoms with van der Waals surface area (Å²) in [5.74, 6) is -0.505. The lowest BCUT2D eigenvalue weighted by atomic mass is 10.1. The number of hydrogen-bond donors (Lipinski definition) is 2. The summed E-state index contributed by atoms with van der Waals surface area (Å²) >= 11 is 0. The monoisotopic (exact) mass is 369 g/mol. The van der Waals surface area contributed by atoms with Crippen molar-refractivity contribution in [1.29, 1.82) is 0 Å². The summed E-state index contributed by atoms with van der Waals surface area (Å²) in [6.45, 7) is 5.53. The first-order chi connectivity index (χ1) is 12.8. The van der Waals surface area contributed by atoms with Gasteiger partial charge in [0.25, 0.3) is 0 Å². The minimum Gasteiger partial charge on any atom is -0.493 e. The average molecular weight is 369 g/mol. The number of benzene rings is 2. The largest absolute Gasteiger partial charge is 0.493 e. The number of anilines is 1. The highest BCUT2D eigenvalue weighted by Gasteiger charge is 2.14. The maximum absolute atomic E-state index is 12.1. The molecule has 0 heterocycles. The predicted octanol–water partition coefficient (Wildman–Crippen LogP) is 2.80. The number of ether oxygens (including phenoxy) is 2. The Hall–Kier alpha value is -3.35. The van der Waals surface area contributed by atoms with Gasteiger partial charge in [0.1, 0.15) is 0 Å². The molecule has 0 saturated heterocycles. The van der Waals surface area contributed by atoms with Gasteiger partial charge in [0.05, 0.1) is 19.9 Å². The molecule has 2 amide bonds. The second-order valence-corrected chi connectivity index (χ2v) is 5.98. The smallest absolute Gasteiger partial charge is 0.329 e. The lowest BCUT2D eigenvalue weighted by Gasteiger charge is -2.10. The normalized spacial score (nSPS) is 10.9. The van der Waals surface area contributed by atoms with Gasteiger partial charge in [-0.25, -0.2) is 5.43 Å². The quantitative estimate of drug-likeness (QED) is 0.482. The molecule has 2 N–H and O–H groups in total. The Morgan fingerprint density at radius 3 is 2.26 bits per heavy atom. The first-order valence-electron chi connectivity index (χ1n) is 8.31. The number of carbonyl (C=O) groups is 2. The van der Waals surface area contributed by atoms with Gasteiger partial charge in [0, 0.05) is 11.3 Å². The molecule has 2 aromatic rings. The summed E-state index contributed by atoms with van der Waals surface area (Å²) in [5, 5.41) is 6.56. The highest BCUT2D eigenvalue weighted by molar-refractivity contribution is 6.39. The van der Waals surface area contributed by atoms with E-state index in [1.807, 2.05) is 26.0 Å². The van der Waals surface area contributed by atoms with E-state index in [2.05, 4.69) is 15.8 Å². The maximum Gasteiger partial charge on any atom is 0.329 e. The van der Waals surface area contributed by atoms with Crippen LogP contribution in [-0.2, 0) is 9.59 Å². The molecular weight excluding hydrogens is 346 g/mol. The zero-order valence-corrected chi connectivity index (χ0v) is 16.0. The van der Waals surface area contributed by atoms with Crippen molar-refractivity contribution in [2.45, 2.75) is 20.8 Å². The predicted molar refractivity (Wildman–Crippen MR) is 104 cm³/mol. The number of nitrogens with zero attached hydrogens (tertiary/aromatic N) is 1. The third-order valence-corrected chi connectivity index (χ3v) is 3.96. The molecule has 142 valence electrons. The fourth-order valence-corrected chi connectivity index (χ4v) is 2.44. The molecule has 0 radical (unpaired) electrons. The molecule has 0 saturated carbocycles. The van der Waals surface area contributed by atoms with Crippen LogP contribution in [-0.4, -0.2) is 31.7 Å². The number of aryl methyl sites for hydroxylation is 2. The van der Waals surface area contributed by atoms with Crippen molar-refractivity contribution in [1.82, 2.24) is 5.43 Å². The summed E-state index contributed by atoms with van der Waals surface area (Å²) in [6, 6.07) is 10.8. The minimum atomic E-state index is -0.852. The maximum atomic E-state index is 12.1. The molecule has 0 aliphatic heterocycles. The molecule has 27 heavy (non-hydrogen) atoms. The third kappa shape index (κ3) is 5.07. The molecule has 0 atom stereocenters. The van der Waals surface area contributed by atoms with Crippen molar-refractivity contribution >= 4 is 23.2 Å². The first-order valence-corrected chi connectivity index (χ1v) is 8.31. The van der Waals surface area contributed by atoms with Crippen LogP contribution < -0.4 is 20.2 Å². The van der Waals surface area contributed by atoms with E-state index >= 15 is 0 Å². The third-order valence-electron chi connectivity index (χ3n) is 3.96.